The van der Waals surface area contributed by atoms with Crippen LogP contribution in [0.15, 0.2) is 24.3 Å². The Kier molecular flexibility index (Phi) is 8.02. The summed E-state index contributed by atoms with van der Waals surface area (Å²) in [5.41, 5.74) is -28.5. The molecule has 0 spiro atoms. The standard InChI is InChI=1S/C16H4F12O12S4/c17-13(18,19)41(29,30)37-9-1-5-6(2-10(9)38-42(31,32)14(20,21)22)8-4-12(40-44(35,36)16(26,27)28)11(3-7(5)8)39-43(33,34)15(23,24)25/h1-4H. The van der Waals surface area contributed by atoms with Crippen LogP contribution in [0.2, 0.25) is 0 Å². The van der Waals surface area contributed by atoms with Gasteiger partial charge in [-0.3, -0.25) is 0 Å². The van der Waals surface area contributed by atoms with Gasteiger partial charge >= 0.3 is 62.5 Å². The van der Waals surface area contributed by atoms with E-state index in [-0.39, 0.29) is 24.3 Å². The minimum absolute atomic E-state index is 0.0167. The smallest absolute Gasteiger partial charge is 0.372 e. The highest BCUT2D eigenvalue weighted by molar-refractivity contribution is 7.88. The minimum Gasteiger partial charge on any atom is -0.372 e. The molecule has 28 heteroatoms. The molecule has 0 radical (unpaired) electrons. The summed E-state index contributed by atoms with van der Waals surface area (Å²) < 4.78 is 260. The lowest BCUT2D eigenvalue weighted by Crippen LogP contribution is -2.30. The summed E-state index contributed by atoms with van der Waals surface area (Å²) in [6, 6.07) is -0.0666. The van der Waals surface area contributed by atoms with Crippen molar-refractivity contribution in [2.75, 3.05) is 0 Å². The van der Waals surface area contributed by atoms with E-state index < -0.39 is 108 Å². The van der Waals surface area contributed by atoms with E-state index in [1.165, 1.54) is 0 Å². The first-order valence-corrected chi connectivity index (χ1v) is 15.3. The van der Waals surface area contributed by atoms with Gasteiger partial charge < -0.3 is 16.7 Å². The molecule has 0 aromatic heterocycles. The second-order valence-corrected chi connectivity index (χ2v) is 13.8. The Balaban J connectivity index is 2.30. The zero-order valence-electron chi connectivity index (χ0n) is 19.4. The maximum absolute atomic E-state index is 12.8. The van der Waals surface area contributed by atoms with Crippen molar-refractivity contribution >= 4 is 40.5 Å². The Hall–Kier alpha value is -3.40. The van der Waals surface area contributed by atoms with Gasteiger partial charge in [0, 0.05) is 0 Å². The largest absolute Gasteiger partial charge is 0.534 e. The summed E-state index contributed by atoms with van der Waals surface area (Å²) in [6.07, 6.45) is 0. The topological polar surface area (TPSA) is 173 Å². The minimum atomic E-state index is -6.82. The monoisotopic (exact) mass is 744 g/mol. The Labute approximate surface area is 235 Å². The maximum Gasteiger partial charge on any atom is 0.534 e. The number of fused-ring (bicyclic) bond motifs is 4. The summed E-state index contributed by atoms with van der Waals surface area (Å²) in [7, 11) is -27.3. The number of rotatable bonds is 8. The Morgan fingerprint density at radius 1 is 0.341 bits per heavy atom. The van der Waals surface area contributed by atoms with Gasteiger partial charge in [0.25, 0.3) is 0 Å². The third-order valence-corrected chi connectivity index (χ3v) is 8.54. The van der Waals surface area contributed by atoms with E-state index in [1.807, 2.05) is 0 Å². The van der Waals surface area contributed by atoms with E-state index in [0.29, 0.717) is 0 Å². The summed E-state index contributed by atoms with van der Waals surface area (Å²) in [6.45, 7) is 0. The molecule has 248 valence electrons. The fourth-order valence-electron chi connectivity index (χ4n) is 2.87. The molecule has 0 saturated heterocycles. The van der Waals surface area contributed by atoms with Crippen LogP contribution in [0.1, 0.15) is 0 Å². The lowest BCUT2D eigenvalue weighted by Gasteiger charge is -2.27. The summed E-state index contributed by atoms with van der Waals surface area (Å²) >= 11 is 0. The zero-order chi connectivity index (χ0) is 34.3. The number of benzene rings is 2. The molecular weight excluding hydrogens is 740 g/mol. The lowest BCUT2D eigenvalue weighted by molar-refractivity contribution is -0.0513. The van der Waals surface area contributed by atoms with Gasteiger partial charge in [0.2, 0.25) is 0 Å². The molecule has 0 N–H and O–H groups in total. The Morgan fingerprint density at radius 2 is 0.477 bits per heavy atom. The average molecular weight is 744 g/mol. The van der Waals surface area contributed by atoms with E-state index in [1.54, 1.807) is 0 Å². The molecule has 3 rings (SSSR count). The van der Waals surface area contributed by atoms with Gasteiger partial charge in [-0.2, -0.15) is 86.4 Å². The van der Waals surface area contributed by atoms with E-state index in [4.69, 9.17) is 0 Å². The van der Waals surface area contributed by atoms with Gasteiger partial charge in [-0.25, -0.2) is 0 Å². The summed E-state index contributed by atoms with van der Waals surface area (Å²) in [4.78, 5) is 0. The highest BCUT2D eigenvalue weighted by Gasteiger charge is 2.53. The van der Waals surface area contributed by atoms with Crippen LogP contribution in [-0.4, -0.2) is 55.7 Å². The van der Waals surface area contributed by atoms with Crippen molar-refractivity contribution in [2.45, 2.75) is 22.0 Å². The molecule has 0 fully saturated rings. The first kappa shape index (κ1) is 35.1. The van der Waals surface area contributed by atoms with Crippen LogP contribution in [0.5, 0.6) is 23.0 Å². The van der Waals surface area contributed by atoms with Gasteiger partial charge in [-0.1, -0.05) is 0 Å². The lowest BCUT2D eigenvalue weighted by atomic mass is 9.80. The van der Waals surface area contributed by atoms with Crippen molar-refractivity contribution in [3.63, 3.8) is 0 Å². The average Bonchev–Trinajstić information content (AvgIpc) is 2.77. The second-order valence-electron chi connectivity index (χ2n) is 7.62. The number of hydrogen-bond acceptors (Lipinski definition) is 12. The normalized spacial score (nSPS) is 14.6. The predicted octanol–water partition coefficient (Wildman–Crippen LogP) is 4.25. The van der Waals surface area contributed by atoms with E-state index >= 15 is 0 Å². The van der Waals surface area contributed by atoms with Gasteiger partial charge in [0.05, 0.1) is 0 Å². The number of alkyl halides is 12. The molecule has 0 aliphatic heterocycles. The molecule has 44 heavy (non-hydrogen) atoms. The van der Waals surface area contributed by atoms with Crippen molar-refractivity contribution < 1.29 is 103 Å². The number of halogens is 12. The Morgan fingerprint density at radius 3 is 0.591 bits per heavy atom. The first-order valence-electron chi connectivity index (χ1n) is 9.71. The molecule has 0 heterocycles. The molecule has 1 aliphatic carbocycles. The van der Waals surface area contributed by atoms with Crippen molar-refractivity contribution in [3.8, 4) is 45.3 Å². The summed E-state index contributed by atoms with van der Waals surface area (Å²) in [5.74, 6) is -7.87. The fourth-order valence-corrected chi connectivity index (χ4v) is 4.72. The SMILES string of the molecule is O=S(=O)(Oc1cc2c(cc1OS(=O)(=O)C(F)(F)F)-c1cc(OS(=O)(=O)C(F)(F)F)c(OS(=O)(=O)C(F)(F)F)cc1-2)C(F)(F)F. The molecule has 0 atom stereocenters. The third kappa shape index (κ3) is 6.36. The fraction of sp³-hybridized carbons (Fsp3) is 0.250. The van der Waals surface area contributed by atoms with Gasteiger partial charge in [-0.15, -0.1) is 0 Å². The molecule has 0 bridgehead atoms. The van der Waals surface area contributed by atoms with Crippen molar-refractivity contribution in [1.82, 2.24) is 0 Å². The molecule has 0 saturated carbocycles. The maximum atomic E-state index is 12.8. The molecule has 1 aliphatic rings. The number of hydrogen-bond donors (Lipinski definition) is 0. The van der Waals surface area contributed by atoms with Crippen molar-refractivity contribution in [1.29, 1.82) is 0 Å². The Bertz CT molecular complexity index is 1660. The van der Waals surface area contributed by atoms with Crippen LogP contribution < -0.4 is 16.7 Å². The molecule has 2 aromatic rings. The van der Waals surface area contributed by atoms with Gasteiger partial charge in [0.15, 0.2) is 23.0 Å². The van der Waals surface area contributed by atoms with Crippen LogP contribution in [0.4, 0.5) is 52.7 Å². The summed E-state index contributed by atoms with van der Waals surface area (Å²) in [5, 5.41) is 0. The van der Waals surface area contributed by atoms with Crippen molar-refractivity contribution in [3.05, 3.63) is 24.3 Å². The quantitative estimate of drug-likeness (QED) is 0.183. The molecule has 0 unspecified atom stereocenters. The first-order chi connectivity index (χ1) is 19.3. The highest BCUT2D eigenvalue weighted by atomic mass is 32.2. The van der Waals surface area contributed by atoms with Gasteiger partial charge in [-0.05, 0) is 46.5 Å². The zero-order valence-corrected chi connectivity index (χ0v) is 22.6. The molecule has 0 amide bonds. The van der Waals surface area contributed by atoms with E-state index in [2.05, 4.69) is 16.7 Å². The highest BCUT2D eigenvalue weighted by Crippen LogP contribution is 2.56. The molecular formula is C16H4F12O12S4. The predicted molar refractivity (Wildman–Crippen MR) is 113 cm³/mol. The van der Waals surface area contributed by atoms with Crippen LogP contribution >= 0.6 is 0 Å². The van der Waals surface area contributed by atoms with Crippen molar-refractivity contribution in [2.24, 2.45) is 0 Å². The van der Waals surface area contributed by atoms with Crippen LogP contribution in [-0.2, 0) is 40.5 Å². The van der Waals surface area contributed by atoms with Gasteiger partial charge in [0.1, 0.15) is 0 Å². The van der Waals surface area contributed by atoms with E-state index in [0.717, 1.165) is 0 Å². The van der Waals surface area contributed by atoms with Crippen LogP contribution in [0.3, 0.4) is 0 Å². The third-order valence-electron chi connectivity index (χ3n) is 4.68. The molecule has 12 nitrogen and oxygen atoms in total. The van der Waals surface area contributed by atoms with Crippen LogP contribution in [0.25, 0.3) is 22.3 Å². The molecule has 2 aromatic carbocycles. The van der Waals surface area contributed by atoms with Crippen LogP contribution in [0, 0.1) is 0 Å². The second kappa shape index (κ2) is 10.1. The van der Waals surface area contributed by atoms with E-state index in [9.17, 15) is 86.4 Å².